The van der Waals surface area contributed by atoms with Crippen molar-refractivity contribution in [2.24, 2.45) is 0 Å². The van der Waals surface area contributed by atoms with Gasteiger partial charge in [-0.1, -0.05) is 13.0 Å². The predicted octanol–water partition coefficient (Wildman–Crippen LogP) is 0.982. The van der Waals surface area contributed by atoms with Crippen molar-refractivity contribution < 1.29 is 29.0 Å². The SMILES string of the molecule is CCCOC(=O)C1=C(C(=O)O)N2C(=O)C(NC(=O)Cc3cccs3)[C@@H]2SC1. The van der Waals surface area contributed by atoms with E-state index in [-0.39, 0.29) is 36.0 Å². The number of esters is 1. The van der Waals surface area contributed by atoms with Gasteiger partial charge >= 0.3 is 11.9 Å². The molecular formula is C17H18N2O6S2. The van der Waals surface area contributed by atoms with Gasteiger partial charge in [-0.25, -0.2) is 9.59 Å². The molecule has 0 saturated carbocycles. The van der Waals surface area contributed by atoms with Crippen LogP contribution in [0.15, 0.2) is 28.8 Å². The molecule has 0 aromatic carbocycles. The maximum Gasteiger partial charge on any atom is 0.353 e. The first-order valence-electron chi connectivity index (χ1n) is 8.34. The summed E-state index contributed by atoms with van der Waals surface area (Å²) in [5, 5.41) is 13.5. The van der Waals surface area contributed by atoms with Crippen LogP contribution in [0.25, 0.3) is 0 Å². The molecule has 2 aliphatic heterocycles. The summed E-state index contributed by atoms with van der Waals surface area (Å²) in [6.45, 7) is 2.01. The molecule has 2 aliphatic rings. The van der Waals surface area contributed by atoms with Crippen molar-refractivity contribution in [2.45, 2.75) is 31.2 Å². The molecule has 2 atom stereocenters. The minimum Gasteiger partial charge on any atom is -0.477 e. The fraction of sp³-hybridized carbons (Fsp3) is 0.412. The quantitative estimate of drug-likeness (QED) is 0.509. The summed E-state index contributed by atoms with van der Waals surface area (Å²) in [7, 11) is 0. The van der Waals surface area contributed by atoms with Crippen LogP contribution in [0.1, 0.15) is 18.2 Å². The van der Waals surface area contributed by atoms with E-state index in [0.717, 1.165) is 9.78 Å². The molecule has 2 amide bonds. The number of carboxylic acids is 1. The summed E-state index contributed by atoms with van der Waals surface area (Å²) in [4.78, 5) is 50.4. The lowest BCUT2D eigenvalue weighted by molar-refractivity contribution is -0.151. The largest absolute Gasteiger partial charge is 0.477 e. The van der Waals surface area contributed by atoms with Crippen molar-refractivity contribution in [3.05, 3.63) is 33.7 Å². The van der Waals surface area contributed by atoms with Gasteiger partial charge in [-0.2, -0.15) is 0 Å². The minimum atomic E-state index is -1.36. The van der Waals surface area contributed by atoms with E-state index in [0.29, 0.717) is 6.42 Å². The molecule has 0 aliphatic carbocycles. The highest BCUT2D eigenvalue weighted by molar-refractivity contribution is 8.00. The van der Waals surface area contributed by atoms with E-state index in [1.54, 1.807) is 0 Å². The predicted molar refractivity (Wildman–Crippen MR) is 99.0 cm³/mol. The van der Waals surface area contributed by atoms with Crippen molar-refractivity contribution in [3.8, 4) is 0 Å². The number of β-lactam (4-membered cyclic amide) rings is 1. The first-order valence-corrected chi connectivity index (χ1v) is 10.3. The molecular weight excluding hydrogens is 392 g/mol. The Morgan fingerprint density at radius 1 is 1.41 bits per heavy atom. The van der Waals surface area contributed by atoms with Crippen LogP contribution in [0.3, 0.4) is 0 Å². The molecule has 10 heteroatoms. The molecule has 1 saturated heterocycles. The van der Waals surface area contributed by atoms with Crippen LogP contribution in [0.4, 0.5) is 0 Å². The number of thiophene rings is 1. The lowest BCUT2D eigenvalue weighted by Crippen LogP contribution is -2.70. The van der Waals surface area contributed by atoms with Crippen molar-refractivity contribution >= 4 is 46.9 Å². The van der Waals surface area contributed by atoms with E-state index in [1.165, 1.54) is 23.1 Å². The number of ether oxygens (including phenoxy) is 1. The second kappa shape index (κ2) is 8.13. The van der Waals surface area contributed by atoms with Gasteiger partial charge < -0.3 is 15.2 Å². The van der Waals surface area contributed by atoms with E-state index >= 15 is 0 Å². The highest BCUT2D eigenvalue weighted by Gasteiger charge is 2.55. The minimum absolute atomic E-state index is 0.0334. The van der Waals surface area contributed by atoms with Crippen LogP contribution in [-0.2, 0) is 30.3 Å². The smallest absolute Gasteiger partial charge is 0.353 e. The standard InChI is InChI=1S/C17H18N2O6S2/c1-2-5-25-17(24)10-8-27-15-12(14(21)19(15)13(10)16(22)23)18-11(20)7-9-4-3-6-26-9/h3-4,6,12,15H,2,5,7-8H2,1H3,(H,18,20)(H,22,23)/t12?,15-/m0/s1. The Labute approximate surface area is 163 Å². The number of carboxylic acid groups (broad SMARTS) is 1. The van der Waals surface area contributed by atoms with Crippen LogP contribution in [0.2, 0.25) is 0 Å². The maximum atomic E-state index is 12.5. The highest BCUT2D eigenvalue weighted by atomic mass is 32.2. The third kappa shape index (κ3) is 3.86. The number of nitrogens with zero attached hydrogens (tertiary/aromatic N) is 1. The Morgan fingerprint density at radius 3 is 2.81 bits per heavy atom. The molecule has 1 fully saturated rings. The van der Waals surface area contributed by atoms with Gasteiger partial charge in [0.05, 0.1) is 18.6 Å². The number of carbonyl (C=O) groups excluding carboxylic acids is 3. The highest BCUT2D eigenvalue weighted by Crippen LogP contribution is 2.40. The molecule has 1 unspecified atom stereocenters. The Balaban J connectivity index is 1.72. The van der Waals surface area contributed by atoms with Crippen LogP contribution in [0, 0.1) is 0 Å². The van der Waals surface area contributed by atoms with Gasteiger partial charge in [-0.15, -0.1) is 23.1 Å². The van der Waals surface area contributed by atoms with Gasteiger partial charge in [0, 0.05) is 10.6 Å². The normalized spacial score (nSPS) is 21.4. The zero-order valence-electron chi connectivity index (χ0n) is 14.5. The third-order valence-electron chi connectivity index (χ3n) is 4.09. The molecule has 8 nitrogen and oxygen atoms in total. The first kappa shape index (κ1) is 19.4. The Kier molecular flexibility index (Phi) is 5.85. The van der Waals surface area contributed by atoms with Crippen molar-refractivity contribution in [3.63, 3.8) is 0 Å². The van der Waals surface area contributed by atoms with Gasteiger partial charge in [0.1, 0.15) is 17.1 Å². The van der Waals surface area contributed by atoms with E-state index < -0.39 is 29.3 Å². The van der Waals surface area contributed by atoms with Gasteiger partial charge in [-0.3, -0.25) is 14.5 Å². The zero-order valence-corrected chi connectivity index (χ0v) is 16.1. The third-order valence-corrected chi connectivity index (χ3v) is 6.24. The van der Waals surface area contributed by atoms with Crippen LogP contribution in [0.5, 0.6) is 0 Å². The lowest BCUT2D eigenvalue weighted by Gasteiger charge is -2.49. The fourth-order valence-corrected chi connectivity index (χ4v) is 4.88. The molecule has 1 aromatic rings. The monoisotopic (exact) mass is 410 g/mol. The molecule has 1 aromatic heterocycles. The average Bonchev–Trinajstić information content (AvgIpc) is 3.15. The summed E-state index contributed by atoms with van der Waals surface area (Å²) in [6, 6.07) is 2.86. The van der Waals surface area contributed by atoms with Crippen molar-refractivity contribution in [1.82, 2.24) is 10.2 Å². The number of nitrogens with one attached hydrogen (secondary N) is 1. The van der Waals surface area contributed by atoms with Crippen LogP contribution < -0.4 is 5.32 Å². The van der Waals surface area contributed by atoms with Crippen LogP contribution >= 0.6 is 23.1 Å². The zero-order chi connectivity index (χ0) is 19.6. The average molecular weight is 410 g/mol. The maximum absolute atomic E-state index is 12.5. The Morgan fingerprint density at radius 2 is 2.19 bits per heavy atom. The molecule has 0 bridgehead atoms. The number of carbonyl (C=O) groups is 4. The Bertz CT molecular complexity index is 804. The number of aliphatic carboxylic acids is 1. The molecule has 144 valence electrons. The van der Waals surface area contributed by atoms with E-state index in [9.17, 15) is 24.3 Å². The number of hydrogen-bond acceptors (Lipinski definition) is 7. The number of hydrogen-bond donors (Lipinski definition) is 2. The number of fused-ring (bicyclic) bond motifs is 1. The molecule has 3 heterocycles. The molecule has 0 radical (unpaired) electrons. The number of rotatable bonds is 7. The topological polar surface area (TPSA) is 113 Å². The van der Waals surface area contributed by atoms with Gasteiger partial charge in [0.25, 0.3) is 5.91 Å². The van der Waals surface area contributed by atoms with Crippen LogP contribution in [-0.4, -0.2) is 57.5 Å². The van der Waals surface area contributed by atoms with E-state index in [1.807, 2.05) is 24.4 Å². The molecule has 27 heavy (non-hydrogen) atoms. The fourth-order valence-electron chi connectivity index (χ4n) is 2.85. The summed E-state index contributed by atoms with van der Waals surface area (Å²) in [6.07, 6.45) is 0.771. The first-order chi connectivity index (χ1) is 12.9. The van der Waals surface area contributed by atoms with Gasteiger partial charge in [0.15, 0.2) is 0 Å². The summed E-state index contributed by atoms with van der Waals surface area (Å²) < 4.78 is 5.02. The number of amides is 2. The second-order valence-corrected chi connectivity index (χ2v) is 8.12. The van der Waals surface area contributed by atoms with Gasteiger partial charge in [0.2, 0.25) is 5.91 Å². The summed E-state index contributed by atoms with van der Waals surface area (Å²) >= 11 is 2.68. The molecule has 2 N–H and O–H groups in total. The Hall–Kier alpha value is -2.33. The van der Waals surface area contributed by atoms with Gasteiger partial charge in [-0.05, 0) is 17.9 Å². The lowest BCUT2D eigenvalue weighted by atomic mass is 10.0. The van der Waals surface area contributed by atoms with Crippen molar-refractivity contribution in [1.29, 1.82) is 0 Å². The molecule has 3 rings (SSSR count). The van der Waals surface area contributed by atoms with Crippen molar-refractivity contribution in [2.75, 3.05) is 12.4 Å². The number of thioether (sulfide) groups is 1. The summed E-state index contributed by atoms with van der Waals surface area (Å²) in [5.41, 5.74) is -0.387. The van der Waals surface area contributed by atoms with E-state index in [4.69, 9.17) is 4.74 Å². The van der Waals surface area contributed by atoms with E-state index in [2.05, 4.69) is 5.32 Å². The molecule has 0 spiro atoms. The second-order valence-electron chi connectivity index (χ2n) is 5.98. The summed E-state index contributed by atoms with van der Waals surface area (Å²) in [5.74, 6) is -2.82.